The summed E-state index contributed by atoms with van der Waals surface area (Å²) in [6.07, 6.45) is 0.377. The molecule has 0 unspecified atom stereocenters. The second-order valence-electron chi connectivity index (χ2n) is 6.28. The third kappa shape index (κ3) is 4.38. The lowest BCUT2D eigenvalue weighted by molar-refractivity contribution is -0.133. The average Bonchev–Trinajstić information content (AvgIpc) is 2.93. The Kier molecular flexibility index (Phi) is 6.43. The Bertz CT molecular complexity index is 574. The molecule has 1 aromatic rings. The zero-order valence-corrected chi connectivity index (χ0v) is 15.3. The molecule has 134 valence electrons. The predicted octanol–water partition coefficient (Wildman–Crippen LogP) is 1.91. The lowest BCUT2D eigenvalue weighted by Crippen LogP contribution is -2.49. The lowest BCUT2D eigenvalue weighted by Gasteiger charge is -2.34. The Hall–Kier alpha value is -1.82. The molecule has 2 amide bonds. The Balaban J connectivity index is 1.88. The number of carbonyl (C=O) groups is 2. The summed E-state index contributed by atoms with van der Waals surface area (Å²) in [4.78, 5) is 31.0. The second-order valence-corrected chi connectivity index (χ2v) is 6.28. The van der Waals surface area contributed by atoms with Crippen LogP contribution in [0.3, 0.4) is 0 Å². The van der Waals surface area contributed by atoms with E-state index in [0.29, 0.717) is 30.8 Å². The molecule has 1 fully saturated rings. The first-order chi connectivity index (χ1) is 11.5. The highest BCUT2D eigenvalue weighted by Gasteiger charge is 2.23. The summed E-state index contributed by atoms with van der Waals surface area (Å²) in [7, 11) is 0. The molecule has 2 rings (SSSR count). The van der Waals surface area contributed by atoms with E-state index in [4.69, 9.17) is 4.42 Å². The molecule has 24 heavy (non-hydrogen) atoms. The first kappa shape index (κ1) is 18.5. The highest BCUT2D eigenvalue weighted by molar-refractivity contribution is 5.95. The van der Waals surface area contributed by atoms with Crippen LogP contribution >= 0.6 is 0 Å². The highest BCUT2D eigenvalue weighted by Crippen LogP contribution is 2.16. The van der Waals surface area contributed by atoms with E-state index in [1.54, 1.807) is 17.9 Å². The fourth-order valence-electron chi connectivity index (χ4n) is 3.12. The molecular formula is C18H29N3O3. The van der Waals surface area contributed by atoms with E-state index in [0.717, 1.165) is 38.5 Å². The average molecular weight is 335 g/mol. The maximum absolute atomic E-state index is 12.6. The van der Waals surface area contributed by atoms with Crippen LogP contribution in [0.5, 0.6) is 0 Å². The van der Waals surface area contributed by atoms with Crippen LogP contribution in [0.25, 0.3) is 0 Å². The third-order valence-electron chi connectivity index (χ3n) is 4.71. The van der Waals surface area contributed by atoms with Crippen LogP contribution in [0.15, 0.2) is 10.5 Å². The van der Waals surface area contributed by atoms with Gasteiger partial charge in [0.1, 0.15) is 11.5 Å². The SMILES string of the molecule is CCN1CCN(C(=O)CCN(CC)C(=O)c2cc(C)oc2C)CC1. The number of carbonyl (C=O) groups excluding carboxylic acids is 2. The first-order valence-corrected chi connectivity index (χ1v) is 8.82. The van der Waals surface area contributed by atoms with Gasteiger partial charge in [-0.3, -0.25) is 9.59 Å². The number of aryl methyl sites for hydroxylation is 2. The van der Waals surface area contributed by atoms with Crippen LogP contribution in [-0.4, -0.2) is 72.3 Å². The van der Waals surface area contributed by atoms with Gasteiger partial charge < -0.3 is 19.1 Å². The second kappa shape index (κ2) is 8.33. The van der Waals surface area contributed by atoms with Gasteiger partial charge >= 0.3 is 0 Å². The molecule has 0 aliphatic carbocycles. The van der Waals surface area contributed by atoms with Crippen molar-refractivity contribution in [2.45, 2.75) is 34.1 Å². The molecule has 0 saturated carbocycles. The number of likely N-dealkylation sites (N-methyl/N-ethyl adjacent to an activating group) is 1. The summed E-state index contributed by atoms with van der Waals surface area (Å²) in [5.74, 6) is 1.45. The van der Waals surface area contributed by atoms with Crippen LogP contribution < -0.4 is 0 Å². The molecule has 2 heterocycles. The van der Waals surface area contributed by atoms with Crippen LogP contribution in [0.1, 0.15) is 42.1 Å². The topological polar surface area (TPSA) is 57.0 Å². The monoisotopic (exact) mass is 335 g/mol. The van der Waals surface area contributed by atoms with Gasteiger partial charge in [0, 0.05) is 45.7 Å². The van der Waals surface area contributed by atoms with Crippen LogP contribution in [-0.2, 0) is 4.79 Å². The van der Waals surface area contributed by atoms with Gasteiger partial charge in [-0.15, -0.1) is 0 Å². The van der Waals surface area contributed by atoms with Crippen molar-refractivity contribution in [2.75, 3.05) is 45.8 Å². The maximum Gasteiger partial charge on any atom is 0.257 e. The molecule has 0 spiro atoms. The van der Waals surface area contributed by atoms with Crippen molar-refractivity contribution in [2.24, 2.45) is 0 Å². The lowest BCUT2D eigenvalue weighted by atomic mass is 10.2. The van der Waals surface area contributed by atoms with Crippen LogP contribution in [0.2, 0.25) is 0 Å². The van der Waals surface area contributed by atoms with Gasteiger partial charge in [0.15, 0.2) is 0 Å². The quantitative estimate of drug-likeness (QED) is 0.797. The Morgan fingerprint density at radius 3 is 2.33 bits per heavy atom. The number of rotatable bonds is 6. The summed E-state index contributed by atoms with van der Waals surface area (Å²) in [6, 6.07) is 1.77. The van der Waals surface area contributed by atoms with E-state index in [1.165, 1.54) is 0 Å². The summed E-state index contributed by atoms with van der Waals surface area (Å²) >= 11 is 0. The molecule has 0 radical (unpaired) electrons. The van der Waals surface area contributed by atoms with Crippen molar-refractivity contribution in [1.29, 1.82) is 0 Å². The molecule has 0 bridgehead atoms. The smallest absolute Gasteiger partial charge is 0.257 e. The Labute approximate surface area is 144 Å². The minimum Gasteiger partial charge on any atom is -0.466 e. The Morgan fingerprint density at radius 2 is 1.83 bits per heavy atom. The zero-order valence-electron chi connectivity index (χ0n) is 15.3. The van der Waals surface area contributed by atoms with Gasteiger partial charge in [-0.25, -0.2) is 0 Å². The number of nitrogens with zero attached hydrogens (tertiary/aromatic N) is 3. The molecule has 1 aliphatic rings. The van der Waals surface area contributed by atoms with E-state index in [1.807, 2.05) is 18.7 Å². The third-order valence-corrected chi connectivity index (χ3v) is 4.71. The number of hydrogen-bond donors (Lipinski definition) is 0. The van der Waals surface area contributed by atoms with Gasteiger partial charge in [0.2, 0.25) is 5.91 Å². The summed E-state index contributed by atoms with van der Waals surface area (Å²) in [6.45, 7) is 13.2. The molecule has 0 atom stereocenters. The van der Waals surface area contributed by atoms with Crippen LogP contribution in [0, 0.1) is 13.8 Å². The molecule has 1 aliphatic heterocycles. The number of piperazine rings is 1. The van der Waals surface area contributed by atoms with E-state index in [2.05, 4.69) is 11.8 Å². The van der Waals surface area contributed by atoms with E-state index in [9.17, 15) is 9.59 Å². The van der Waals surface area contributed by atoms with E-state index in [-0.39, 0.29) is 11.8 Å². The highest BCUT2D eigenvalue weighted by atomic mass is 16.3. The fraction of sp³-hybridized carbons (Fsp3) is 0.667. The maximum atomic E-state index is 12.6. The molecule has 1 aromatic heterocycles. The Morgan fingerprint density at radius 1 is 1.17 bits per heavy atom. The predicted molar refractivity (Wildman–Crippen MR) is 93.1 cm³/mol. The van der Waals surface area contributed by atoms with Crippen molar-refractivity contribution in [3.63, 3.8) is 0 Å². The van der Waals surface area contributed by atoms with Gasteiger partial charge in [-0.05, 0) is 33.4 Å². The molecule has 6 heteroatoms. The minimum absolute atomic E-state index is 0.0598. The number of amides is 2. The van der Waals surface area contributed by atoms with Crippen molar-refractivity contribution < 1.29 is 14.0 Å². The molecule has 1 saturated heterocycles. The summed E-state index contributed by atoms with van der Waals surface area (Å²) in [5, 5.41) is 0. The minimum atomic E-state index is -0.0598. The zero-order chi connectivity index (χ0) is 17.7. The van der Waals surface area contributed by atoms with Gasteiger partial charge in [-0.2, -0.15) is 0 Å². The van der Waals surface area contributed by atoms with Gasteiger partial charge in [0.25, 0.3) is 5.91 Å². The van der Waals surface area contributed by atoms with Crippen molar-refractivity contribution >= 4 is 11.8 Å². The summed E-state index contributed by atoms with van der Waals surface area (Å²) in [5.41, 5.74) is 0.596. The van der Waals surface area contributed by atoms with Gasteiger partial charge in [-0.1, -0.05) is 6.92 Å². The van der Waals surface area contributed by atoms with E-state index < -0.39 is 0 Å². The number of furan rings is 1. The normalized spacial score (nSPS) is 15.6. The largest absolute Gasteiger partial charge is 0.466 e. The molecular weight excluding hydrogens is 306 g/mol. The molecule has 0 aromatic carbocycles. The standard InChI is InChI=1S/C18H29N3O3/c1-5-19-9-11-21(12-10-19)17(22)7-8-20(6-2)18(23)16-13-14(3)24-15(16)4/h13H,5-12H2,1-4H3. The van der Waals surface area contributed by atoms with Crippen molar-refractivity contribution in [1.82, 2.24) is 14.7 Å². The summed E-state index contributed by atoms with van der Waals surface area (Å²) < 4.78 is 5.44. The van der Waals surface area contributed by atoms with Crippen molar-refractivity contribution in [3.8, 4) is 0 Å². The fourth-order valence-corrected chi connectivity index (χ4v) is 3.12. The van der Waals surface area contributed by atoms with Crippen molar-refractivity contribution in [3.05, 3.63) is 23.2 Å². The molecule has 6 nitrogen and oxygen atoms in total. The van der Waals surface area contributed by atoms with Crippen LogP contribution in [0.4, 0.5) is 0 Å². The van der Waals surface area contributed by atoms with E-state index >= 15 is 0 Å². The number of hydrogen-bond acceptors (Lipinski definition) is 4. The molecule has 0 N–H and O–H groups in total. The first-order valence-electron chi connectivity index (χ1n) is 8.82. The van der Waals surface area contributed by atoms with Gasteiger partial charge in [0.05, 0.1) is 5.56 Å².